The van der Waals surface area contributed by atoms with E-state index in [1.807, 2.05) is 62.4 Å². The van der Waals surface area contributed by atoms with E-state index in [-0.39, 0.29) is 29.5 Å². The first-order valence-corrected chi connectivity index (χ1v) is 12.3. The molecule has 188 valence electrons. The molecular weight excluding hydrogens is 492 g/mol. The average Bonchev–Trinajstić information content (AvgIpc) is 3.29. The SMILES string of the molecule is Cc1cccc(NC(=O)CSc2nnc(CNC(=O)c3ccc([N+](=O)[O-])cc3)n2-c2cccc(C)c2)c1. The van der Waals surface area contributed by atoms with E-state index in [0.29, 0.717) is 11.0 Å². The van der Waals surface area contributed by atoms with Gasteiger partial charge in [0.2, 0.25) is 5.91 Å². The third kappa shape index (κ3) is 6.58. The maximum absolute atomic E-state index is 12.6. The second-order valence-corrected chi connectivity index (χ2v) is 9.21. The molecule has 0 saturated heterocycles. The minimum Gasteiger partial charge on any atom is -0.345 e. The van der Waals surface area contributed by atoms with Crippen LogP contribution in [0.15, 0.2) is 78.0 Å². The molecule has 3 aromatic carbocycles. The number of carbonyl (C=O) groups is 2. The summed E-state index contributed by atoms with van der Waals surface area (Å²) in [6, 6.07) is 20.6. The van der Waals surface area contributed by atoms with Crippen LogP contribution in [-0.4, -0.2) is 37.3 Å². The van der Waals surface area contributed by atoms with E-state index in [0.717, 1.165) is 22.5 Å². The Morgan fingerprint density at radius 2 is 1.68 bits per heavy atom. The van der Waals surface area contributed by atoms with Crippen LogP contribution in [0.1, 0.15) is 27.3 Å². The van der Waals surface area contributed by atoms with Gasteiger partial charge in [-0.3, -0.25) is 24.3 Å². The van der Waals surface area contributed by atoms with Gasteiger partial charge in [-0.2, -0.15) is 0 Å². The number of amides is 2. The highest BCUT2D eigenvalue weighted by Crippen LogP contribution is 2.23. The summed E-state index contributed by atoms with van der Waals surface area (Å²) in [4.78, 5) is 35.5. The Morgan fingerprint density at radius 1 is 0.973 bits per heavy atom. The highest BCUT2D eigenvalue weighted by molar-refractivity contribution is 7.99. The van der Waals surface area contributed by atoms with Crippen LogP contribution in [0.4, 0.5) is 11.4 Å². The molecule has 0 radical (unpaired) electrons. The van der Waals surface area contributed by atoms with Gasteiger partial charge in [-0.1, -0.05) is 36.0 Å². The molecule has 0 saturated carbocycles. The smallest absolute Gasteiger partial charge is 0.269 e. The number of nitro groups is 1. The number of carbonyl (C=O) groups excluding carboxylic acids is 2. The van der Waals surface area contributed by atoms with Gasteiger partial charge in [0.1, 0.15) is 0 Å². The van der Waals surface area contributed by atoms with Crippen molar-refractivity contribution in [1.82, 2.24) is 20.1 Å². The van der Waals surface area contributed by atoms with Crippen molar-refractivity contribution in [2.45, 2.75) is 25.5 Å². The molecule has 4 aromatic rings. The molecule has 0 aliphatic heterocycles. The minimum atomic E-state index is -0.521. The fraction of sp³-hybridized carbons (Fsp3) is 0.154. The van der Waals surface area contributed by atoms with E-state index < -0.39 is 10.8 Å². The molecule has 11 heteroatoms. The number of anilines is 1. The number of benzene rings is 3. The van der Waals surface area contributed by atoms with E-state index in [2.05, 4.69) is 20.8 Å². The zero-order valence-corrected chi connectivity index (χ0v) is 21.0. The standard InChI is InChI=1S/C26H24N6O4S/c1-17-5-3-7-20(13-17)28-24(33)16-37-26-30-29-23(31(26)22-8-4-6-18(2)14-22)15-27-25(34)19-9-11-21(12-10-19)32(35)36/h3-14H,15-16H2,1-2H3,(H,27,34)(H,28,33). The number of nitrogens with one attached hydrogen (secondary N) is 2. The van der Waals surface area contributed by atoms with Crippen molar-refractivity contribution in [3.8, 4) is 5.69 Å². The second kappa shape index (κ2) is 11.5. The summed E-state index contributed by atoms with van der Waals surface area (Å²) in [6.07, 6.45) is 0. The number of nitro benzene ring substituents is 1. The lowest BCUT2D eigenvalue weighted by Gasteiger charge is -2.12. The predicted molar refractivity (Wildman–Crippen MR) is 141 cm³/mol. The second-order valence-electron chi connectivity index (χ2n) is 8.27. The van der Waals surface area contributed by atoms with Crippen LogP contribution in [0.3, 0.4) is 0 Å². The van der Waals surface area contributed by atoms with Crippen LogP contribution in [0.5, 0.6) is 0 Å². The Balaban J connectivity index is 1.49. The molecule has 2 amide bonds. The zero-order valence-electron chi connectivity index (χ0n) is 20.2. The average molecular weight is 517 g/mol. The van der Waals surface area contributed by atoms with E-state index in [1.54, 1.807) is 4.57 Å². The van der Waals surface area contributed by atoms with Crippen molar-refractivity contribution in [2.75, 3.05) is 11.1 Å². The summed E-state index contributed by atoms with van der Waals surface area (Å²) < 4.78 is 1.80. The maximum Gasteiger partial charge on any atom is 0.269 e. The Kier molecular flexibility index (Phi) is 7.94. The first-order chi connectivity index (χ1) is 17.8. The number of nitrogens with zero attached hydrogens (tertiary/aromatic N) is 4. The summed E-state index contributed by atoms with van der Waals surface area (Å²) in [5.74, 6) is 0.0119. The molecule has 1 aromatic heterocycles. The lowest BCUT2D eigenvalue weighted by Crippen LogP contribution is -2.24. The summed E-state index contributed by atoms with van der Waals surface area (Å²) >= 11 is 1.24. The monoisotopic (exact) mass is 516 g/mol. The molecule has 0 aliphatic rings. The molecule has 0 fully saturated rings. The highest BCUT2D eigenvalue weighted by atomic mass is 32.2. The van der Waals surface area contributed by atoms with Crippen LogP contribution in [0.25, 0.3) is 5.69 Å². The van der Waals surface area contributed by atoms with Crippen LogP contribution in [0, 0.1) is 24.0 Å². The Hall–Kier alpha value is -4.51. The zero-order chi connectivity index (χ0) is 26.4. The number of aryl methyl sites for hydroxylation is 2. The normalized spacial score (nSPS) is 10.6. The summed E-state index contributed by atoms with van der Waals surface area (Å²) in [5, 5.41) is 25.5. The quantitative estimate of drug-likeness (QED) is 0.191. The van der Waals surface area contributed by atoms with E-state index >= 15 is 0 Å². The molecule has 0 bridgehead atoms. The molecule has 37 heavy (non-hydrogen) atoms. The summed E-state index contributed by atoms with van der Waals surface area (Å²) in [7, 11) is 0. The Bertz CT molecular complexity index is 1450. The third-order valence-corrected chi connectivity index (χ3v) is 6.27. The molecule has 1 heterocycles. The molecule has 0 aliphatic carbocycles. The lowest BCUT2D eigenvalue weighted by molar-refractivity contribution is -0.384. The van der Waals surface area contributed by atoms with Gasteiger partial charge in [-0.05, 0) is 61.4 Å². The van der Waals surface area contributed by atoms with Crippen LogP contribution in [-0.2, 0) is 11.3 Å². The molecular formula is C26H24N6O4S. The van der Waals surface area contributed by atoms with Gasteiger partial charge in [-0.15, -0.1) is 10.2 Å². The maximum atomic E-state index is 12.6. The Morgan fingerprint density at radius 3 is 2.35 bits per heavy atom. The van der Waals surface area contributed by atoms with Gasteiger partial charge in [0.15, 0.2) is 11.0 Å². The molecule has 10 nitrogen and oxygen atoms in total. The van der Waals surface area contributed by atoms with Crippen molar-refractivity contribution in [1.29, 1.82) is 0 Å². The number of hydrogen-bond acceptors (Lipinski definition) is 7. The Labute approximate surface area is 217 Å². The first-order valence-electron chi connectivity index (χ1n) is 11.3. The third-order valence-electron chi connectivity index (χ3n) is 5.34. The highest BCUT2D eigenvalue weighted by Gasteiger charge is 2.18. The molecule has 0 unspecified atom stereocenters. The fourth-order valence-electron chi connectivity index (χ4n) is 3.58. The fourth-order valence-corrected chi connectivity index (χ4v) is 4.35. The van der Waals surface area contributed by atoms with Crippen molar-refractivity contribution in [3.05, 3.63) is 105 Å². The van der Waals surface area contributed by atoms with Crippen LogP contribution in [0.2, 0.25) is 0 Å². The van der Waals surface area contributed by atoms with E-state index in [4.69, 9.17) is 0 Å². The summed E-state index contributed by atoms with van der Waals surface area (Å²) in [5.41, 5.74) is 3.79. The van der Waals surface area contributed by atoms with E-state index in [1.165, 1.54) is 36.0 Å². The topological polar surface area (TPSA) is 132 Å². The number of non-ortho nitro benzene ring substituents is 1. The van der Waals surface area contributed by atoms with Gasteiger partial charge in [0.25, 0.3) is 11.6 Å². The minimum absolute atomic E-state index is 0.0623. The summed E-state index contributed by atoms with van der Waals surface area (Å²) in [6.45, 7) is 3.98. The van der Waals surface area contributed by atoms with Gasteiger partial charge in [-0.25, -0.2) is 0 Å². The molecule has 0 atom stereocenters. The number of hydrogen-bond donors (Lipinski definition) is 2. The number of thioether (sulfide) groups is 1. The largest absolute Gasteiger partial charge is 0.345 e. The number of aromatic nitrogens is 3. The van der Waals surface area contributed by atoms with Crippen LogP contribution >= 0.6 is 11.8 Å². The lowest BCUT2D eigenvalue weighted by atomic mass is 10.2. The van der Waals surface area contributed by atoms with Crippen molar-refractivity contribution in [2.24, 2.45) is 0 Å². The molecule has 2 N–H and O–H groups in total. The van der Waals surface area contributed by atoms with Crippen molar-refractivity contribution < 1.29 is 14.5 Å². The van der Waals surface area contributed by atoms with Gasteiger partial charge in [0.05, 0.1) is 17.2 Å². The van der Waals surface area contributed by atoms with Crippen LogP contribution < -0.4 is 10.6 Å². The number of rotatable bonds is 9. The first kappa shape index (κ1) is 25.6. The van der Waals surface area contributed by atoms with Gasteiger partial charge in [0, 0.05) is 29.1 Å². The molecule has 4 rings (SSSR count). The van der Waals surface area contributed by atoms with E-state index in [9.17, 15) is 19.7 Å². The molecule has 0 spiro atoms. The van der Waals surface area contributed by atoms with Crippen molar-refractivity contribution >= 4 is 35.0 Å². The predicted octanol–water partition coefficient (Wildman–Crippen LogP) is 4.45. The van der Waals surface area contributed by atoms with Crippen molar-refractivity contribution in [3.63, 3.8) is 0 Å². The van der Waals surface area contributed by atoms with Gasteiger partial charge >= 0.3 is 0 Å². The van der Waals surface area contributed by atoms with Gasteiger partial charge < -0.3 is 10.6 Å².